The molecule has 3 heterocycles. The number of halogens is 1. The lowest BCUT2D eigenvalue weighted by molar-refractivity contribution is 0.0397. The van der Waals surface area contributed by atoms with Crippen LogP contribution in [0.1, 0.15) is 199 Å². The van der Waals surface area contributed by atoms with Crippen molar-refractivity contribution >= 4 is 38.6 Å². The Labute approximate surface area is 283 Å². The molecule has 0 aromatic carbocycles. The second-order valence-electron chi connectivity index (χ2n) is 13.5. The lowest BCUT2D eigenvalue weighted by Crippen LogP contribution is -2.35. The number of unbranched alkanes of at least 4 members (excludes halogenated alkanes) is 24. The molecular formula is C39H65BrOS2. The Hall–Kier alpha value is -0.320. The number of hydrogen-bond donors (Lipinski definition) is 0. The molecule has 1 nitrogen and oxygen atoms in total. The summed E-state index contributed by atoms with van der Waals surface area (Å²) in [7, 11) is 0. The highest BCUT2D eigenvalue weighted by atomic mass is 79.9. The first-order valence-corrected chi connectivity index (χ1v) is 21.3. The van der Waals surface area contributed by atoms with Crippen molar-refractivity contribution in [3.8, 4) is 15.5 Å². The molecule has 0 atom stereocenters. The van der Waals surface area contributed by atoms with Gasteiger partial charge in [-0.3, -0.25) is 0 Å². The van der Waals surface area contributed by atoms with Gasteiger partial charge in [0.25, 0.3) is 0 Å². The maximum atomic E-state index is 7.01. The zero-order valence-corrected chi connectivity index (χ0v) is 31.4. The summed E-state index contributed by atoms with van der Waals surface area (Å²) in [6.07, 6.45) is 38.9. The molecule has 0 saturated heterocycles. The summed E-state index contributed by atoms with van der Waals surface area (Å²) in [6, 6.07) is 4.62. The minimum absolute atomic E-state index is 0.137. The van der Waals surface area contributed by atoms with Crippen LogP contribution in [0.5, 0.6) is 5.75 Å². The highest BCUT2D eigenvalue weighted by Crippen LogP contribution is 2.55. The highest BCUT2D eigenvalue weighted by Gasteiger charge is 2.42. The van der Waals surface area contributed by atoms with E-state index in [1.54, 1.807) is 0 Å². The van der Waals surface area contributed by atoms with E-state index in [1.807, 2.05) is 22.7 Å². The number of hydrogen-bond acceptors (Lipinski definition) is 3. The van der Waals surface area contributed by atoms with Crippen LogP contribution < -0.4 is 4.74 Å². The van der Waals surface area contributed by atoms with Crippen molar-refractivity contribution in [3.63, 3.8) is 0 Å². The van der Waals surface area contributed by atoms with Gasteiger partial charge in [-0.05, 0) is 59.1 Å². The minimum Gasteiger partial charge on any atom is -0.481 e. The van der Waals surface area contributed by atoms with E-state index in [2.05, 4.69) is 47.3 Å². The van der Waals surface area contributed by atoms with E-state index >= 15 is 0 Å². The van der Waals surface area contributed by atoms with E-state index in [9.17, 15) is 0 Å². The largest absolute Gasteiger partial charge is 0.481 e. The highest BCUT2D eigenvalue weighted by molar-refractivity contribution is 9.11. The third kappa shape index (κ3) is 13.9. The summed E-state index contributed by atoms with van der Waals surface area (Å²) in [6.45, 7) is 4.61. The molecular weight excluding hydrogens is 628 g/mol. The van der Waals surface area contributed by atoms with Crippen molar-refractivity contribution in [3.05, 3.63) is 26.9 Å². The molecule has 4 heteroatoms. The molecule has 0 aliphatic carbocycles. The molecule has 0 amide bonds. The Morgan fingerprint density at radius 1 is 0.558 bits per heavy atom. The van der Waals surface area contributed by atoms with Crippen molar-refractivity contribution < 1.29 is 4.74 Å². The molecule has 0 bridgehead atoms. The molecule has 0 unspecified atom stereocenters. The molecule has 0 N–H and O–H groups in total. The van der Waals surface area contributed by atoms with Crippen molar-refractivity contribution in [2.45, 2.75) is 199 Å². The lowest BCUT2D eigenvalue weighted by atomic mass is 9.81. The zero-order valence-electron chi connectivity index (χ0n) is 28.1. The molecule has 2 aromatic heterocycles. The molecule has 0 saturated carbocycles. The van der Waals surface area contributed by atoms with Gasteiger partial charge >= 0.3 is 0 Å². The maximum absolute atomic E-state index is 7.01. The fourth-order valence-corrected chi connectivity index (χ4v) is 9.70. The van der Waals surface area contributed by atoms with E-state index in [0.29, 0.717) is 0 Å². The van der Waals surface area contributed by atoms with Gasteiger partial charge in [0, 0.05) is 5.56 Å². The van der Waals surface area contributed by atoms with Crippen LogP contribution in [0.2, 0.25) is 0 Å². The summed E-state index contributed by atoms with van der Waals surface area (Å²) in [5.41, 5.74) is 1.33. The predicted molar refractivity (Wildman–Crippen MR) is 198 cm³/mol. The molecule has 1 aliphatic rings. The van der Waals surface area contributed by atoms with E-state index in [-0.39, 0.29) is 5.60 Å². The van der Waals surface area contributed by atoms with Gasteiger partial charge in [0.2, 0.25) is 0 Å². The van der Waals surface area contributed by atoms with Crippen LogP contribution >= 0.6 is 38.6 Å². The fourth-order valence-electron chi connectivity index (χ4n) is 7.03. The Morgan fingerprint density at radius 3 is 1.37 bits per heavy atom. The molecule has 2 aromatic rings. The van der Waals surface area contributed by atoms with E-state index in [0.717, 1.165) is 18.6 Å². The van der Waals surface area contributed by atoms with Crippen molar-refractivity contribution in [1.82, 2.24) is 0 Å². The van der Waals surface area contributed by atoms with Gasteiger partial charge in [-0.2, -0.15) is 0 Å². The standard InChI is InChI=1S/C39H65BrOS2/c1-3-5-7-9-11-13-15-17-19-21-23-25-27-30-39(31-28-26-24-22-20-18-16-14-12-10-8-6-4-2)34-33-36(40)43-37(34)38-35(41-39)29-32-42-38/h29,32-33H,3-28,30-31H2,1-2H3. The van der Waals surface area contributed by atoms with Gasteiger partial charge in [-0.1, -0.05) is 168 Å². The van der Waals surface area contributed by atoms with Gasteiger partial charge in [0.15, 0.2) is 0 Å². The summed E-state index contributed by atoms with van der Waals surface area (Å²) < 4.78 is 8.26. The Kier molecular flexibility index (Phi) is 19.9. The van der Waals surface area contributed by atoms with Crippen LogP contribution in [0.4, 0.5) is 0 Å². The second-order valence-corrected chi connectivity index (χ2v) is 16.8. The molecule has 3 rings (SSSR count). The van der Waals surface area contributed by atoms with Gasteiger partial charge in [0.1, 0.15) is 11.4 Å². The average molecular weight is 694 g/mol. The third-order valence-electron chi connectivity index (χ3n) is 9.70. The zero-order chi connectivity index (χ0) is 30.4. The van der Waals surface area contributed by atoms with Crippen LogP contribution in [-0.2, 0) is 5.60 Å². The van der Waals surface area contributed by atoms with E-state index in [4.69, 9.17) is 4.74 Å². The minimum atomic E-state index is -0.137. The average Bonchev–Trinajstić information content (AvgIpc) is 3.64. The normalized spacial score (nSPS) is 13.7. The summed E-state index contributed by atoms with van der Waals surface area (Å²) in [4.78, 5) is 2.81. The third-order valence-corrected chi connectivity index (χ3v) is 12.4. The van der Waals surface area contributed by atoms with Gasteiger partial charge in [0.05, 0.1) is 13.5 Å². The molecule has 0 fully saturated rings. The lowest BCUT2D eigenvalue weighted by Gasteiger charge is -2.38. The molecule has 1 aliphatic heterocycles. The van der Waals surface area contributed by atoms with Crippen LogP contribution in [-0.4, -0.2) is 0 Å². The van der Waals surface area contributed by atoms with Crippen LogP contribution in [0, 0.1) is 0 Å². The number of fused-ring (bicyclic) bond motifs is 3. The van der Waals surface area contributed by atoms with Crippen molar-refractivity contribution in [2.24, 2.45) is 0 Å². The van der Waals surface area contributed by atoms with Gasteiger partial charge in [-0.25, -0.2) is 0 Å². The predicted octanol–water partition coefficient (Wildman–Crippen LogP) is 15.8. The maximum Gasteiger partial charge on any atom is 0.140 e. The molecule has 246 valence electrons. The fraction of sp³-hybridized carbons (Fsp3) is 0.795. The Bertz CT molecular complexity index is 917. The molecule has 0 radical (unpaired) electrons. The van der Waals surface area contributed by atoms with E-state index in [1.165, 1.54) is 186 Å². The van der Waals surface area contributed by atoms with Crippen LogP contribution in [0.15, 0.2) is 21.3 Å². The quantitative estimate of drug-likeness (QED) is 0.0806. The first-order valence-electron chi connectivity index (χ1n) is 18.8. The Morgan fingerprint density at radius 2 is 0.953 bits per heavy atom. The van der Waals surface area contributed by atoms with Crippen LogP contribution in [0.25, 0.3) is 9.75 Å². The summed E-state index contributed by atoms with van der Waals surface area (Å²) in [5.74, 6) is 1.14. The number of ether oxygens (including phenoxy) is 1. The Balaban J connectivity index is 1.36. The monoisotopic (exact) mass is 692 g/mol. The first-order chi connectivity index (χ1) is 21.2. The summed E-state index contributed by atoms with van der Waals surface area (Å²) in [5, 5.41) is 2.22. The van der Waals surface area contributed by atoms with Crippen molar-refractivity contribution in [1.29, 1.82) is 0 Å². The smallest absolute Gasteiger partial charge is 0.140 e. The second kappa shape index (κ2) is 23.1. The SMILES string of the molecule is CCCCCCCCCCCCCCCC1(CCCCCCCCCCCCCCC)Oc2ccsc2-c2sc(Br)cc21. The van der Waals surface area contributed by atoms with Crippen molar-refractivity contribution in [2.75, 3.05) is 0 Å². The van der Waals surface area contributed by atoms with Gasteiger partial charge < -0.3 is 4.74 Å². The number of rotatable bonds is 28. The molecule has 43 heavy (non-hydrogen) atoms. The van der Waals surface area contributed by atoms with Crippen LogP contribution in [0.3, 0.4) is 0 Å². The first kappa shape index (κ1) is 37.1. The van der Waals surface area contributed by atoms with Gasteiger partial charge in [-0.15, -0.1) is 22.7 Å². The summed E-state index contributed by atoms with van der Waals surface area (Å²) >= 11 is 7.59. The molecule has 0 spiro atoms. The van der Waals surface area contributed by atoms with E-state index < -0.39 is 0 Å². The topological polar surface area (TPSA) is 9.23 Å². The number of thiophene rings is 2.